The van der Waals surface area contributed by atoms with Gasteiger partial charge in [-0.05, 0) is 44.1 Å². The Morgan fingerprint density at radius 3 is 2.59 bits per heavy atom. The number of nitrogens with zero attached hydrogens (tertiary/aromatic N) is 4. The molecule has 0 bridgehead atoms. The third-order valence-corrected chi connectivity index (χ3v) is 7.24. The van der Waals surface area contributed by atoms with Crippen molar-refractivity contribution in [2.45, 2.75) is 57.0 Å². The van der Waals surface area contributed by atoms with Crippen LogP contribution in [0.4, 0.5) is 0 Å². The number of ketones is 1. The number of halogens is 1. The van der Waals surface area contributed by atoms with Gasteiger partial charge in [-0.25, -0.2) is 0 Å². The third kappa shape index (κ3) is 7.67. The van der Waals surface area contributed by atoms with Crippen LogP contribution < -0.4 is 11.2 Å². The highest BCUT2D eigenvalue weighted by atomic mass is 35.5. The standard InChI is InChI=1S/C26H36N6O4.ClH/c27-29-18-30-12-5-9-20(16-30)23(33)15-28-24(34)14-22-26(36)32(21-10-11-21)17-25(35)31(22)13-4-8-19-6-2-1-3-7-19;/h1-3,6-7,18,20-22H,4-5,8-17,27H2,(H,28,34);1H/t20-,22-;/m0./s1. The molecule has 3 amide bonds. The molecule has 2 heterocycles. The van der Waals surface area contributed by atoms with Crippen LogP contribution in [0.15, 0.2) is 35.4 Å². The van der Waals surface area contributed by atoms with Crippen LogP contribution in [0, 0.1) is 5.92 Å². The fourth-order valence-corrected chi connectivity index (χ4v) is 5.13. The summed E-state index contributed by atoms with van der Waals surface area (Å²) in [5.41, 5.74) is 1.17. The van der Waals surface area contributed by atoms with Crippen LogP contribution in [0.2, 0.25) is 0 Å². The maximum Gasteiger partial charge on any atom is 0.246 e. The van der Waals surface area contributed by atoms with Gasteiger partial charge in [0.15, 0.2) is 5.78 Å². The van der Waals surface area contributed by atoms with Crippen molar-refractivity contribution in [1.29, 1.82) is 0 Å². The zero-order valence-corrected chi connectivity index (χ0v) is 21.9. The first-order chi connectivity index (χ1) is 17.5. The Morgan fingerprint density at radius 2 is 1.89 bits per heavy atom. The highest BCUT2D eigenvalue weighted by Gasteiger charge is 2.45. The molecule has 4 rings (SSSR count). The molecule has 0 aromatic heterocycles. The van der Waals surface area contributed by atoms with E-state index in [2.05, 4.69) is 10.4 Å². The smallest absolute Gasteiger partial charge is 0.246 e. The molecule has 37 heavy (non-hydrogen) atoms. The van der Waals surface area contributed by atoms with Crippen LogP contribution >= 0.6 is 12.4 Å². The van der Waals surface area contributed by atoms with Gasteiger partial charge in [0.2, 0.25) is 17.7 Å². The minimum absolute atomic E-state index is 0. The average Bonchev–Trinajstić information content (AvgIpc) is 3.72. The van der Waals surface area contributed by atoms with Crippen LogP contribution in [0.25, 0.3) is 0 Å². The Kier molecular flexibility index (Phi) is 10.3. The van der Waals surface area contributed by atoms with Crippen molar-refractivity contribution in [3.05, 3.63) is 35.9 Å². The number of likely N-dealkylation sites (tertiary alicyclic amines) is 1. The molecular formula is C26H37ClN6O4. The third-order valence-electron chi connectivity index (χ3n) is 7.24. The second kappa shape index (κ2) is 13.4. The number of aryl methyl sites for hydroxylation is 1. The lowest BCUT2D eigenvalue weighted by Crippen LogP contribution is -2.61. The van der Waals surface area contributed by atoms with Crippen molar-refractivity contribution >= 4 is 42.3 Å². The van der Waals surface area contributed by atoms with E-state index in [9.17, 15) is 19.2 Å². The van der Waals surface area contributed by atoms with Crippen molar-refractivity contribution in [2.75, 3.05) is 32.7 Å². The molecule has 1 aromatic rings. The number of hydrazone groups is 1. The van der Waals surface area contributed by atoms with E-state index in [4.69, 9.17) is 5.84 Å². The zero-order chi connectivity index (χ0) is 25.5. The highest BCUT2D eigenvalue weighted by Crippen LogP contribution is 2.30. The van der Waals surface area contributed by atoms with Gasteiger partial charge in [-0.1, -0.05) is 30.3 Å². The summed E-state index contributed by atoms with van der Waals surface area (Å²) in [6, 6.07) is 9.26. The molecule has 1 aliphatic carbocycles. The van der Waals surface area contributed by atoms with Gasteiger partial charge in [-0.2, -0.15) is 5.10 Å². The summed E-state index contributed by atoms with van der Waals surface area (Å²) in [6.45, 7) is 1.72. The molecule has 3 fully saturated rings. The average molecular weight is 533 g/mol. The van der Waals surface area contributed by atoms with Gasteiger partial charge in [0, 0.05) is 31.6 Å². The summed E-state index contributed by atoms with van der Waals surface area (Å²) in [4.78, 5) is 56.9. The van der Waals surface area contributed by atoms with E-state index in [0.717, 1.165) is 38.6 Å². The second-order valence-corrected chi connectivity index (χ2v) is 9.94. The topological polar surface area (TPSA) is 128 Å². The van der Waals surface area contributed by atoms with Crippen LogP contribution in [-0.2, 0) is 25.6 Å². The predicted molar refractivity (Wildman–Crippen MR) is 142 cm³/mol. The highest BCUT2D eigenvalue weighted by molar-refractivity contribution is 5.98. The van der Waals surface area contributed by atoms with E-state index in [-0.39, 0.29) is 61.5 Å². The molecule has 3 N–H and O–H groups in total. The minimum atomic E-state index is -0.830. The number of benzene rings is 1. The van der Waals surface area contributed by atoms with Crippen molar-refractivity contribution in [3.63, 3.8) is 0 Å². The van der Waals surface area contributed by atoms with Gasteiger partial charge >= 0.3 is 0 Å². The molecule has 1 aromatic carbocycles. The zero-order valence-electron chi connectivity index (χ0n) is 21.1. The summed E-state index contributed by atoms with van der Waals surface area (Å²) in [7, 11) is 0. The monoisotopic (exact) mass is 532 g/mol. The van der Waals surface area contributed by atoms with Crippen LogP contribution in [0.3, 0.4) is 0 Å². The number of piperidine rings is 1. The lowest BCUT2D eigenvalue weighted by molar-refractivity contribution is -0.157. The van der Waals surface area contributed by atoms with Crippen molar-refractivity contribution < 1.29 is 19.2 Å². The Morgan fingerprint density at radius 1 is 1.14 bits per heavy atom. The number of rotatable bonds is 11. The summed E-state index contributed by atoms with van der Waals surface area (Å²) in [6.07, 6.45) is 6.28. The second-order valence-electron chi connectivity index (χ2n) is 9.94. The van der Waals surface area contributed by atoms with E-state index < -0.39 is 11.9 Å². The van der Waals surface area contributed by atoms with Crippen LogP contribution in [-0.4, -0.2) is 89.4 Å². The molecule has 11 heteroatoms. The molecule has 3 aliphatic rings. The Hall–Kier alpha value is -3.14. The summed E-state index contributed by atoms with van der Waals surface area (Å²) >= 11 is 0. The van der Waals surface area contributed by atoms with E-state index in [1.807, 2.05) is 35.2 Å². The fourth-order valence-electron chi connectivity index (χ4n) is 5.13. The predicted octanol–water partition coefficient (Wildman–Crippen LogP) is 0.932. The van der Waals surface area contributed by atoms with Gasteiger partial charge in [-0.3, -0.25) is 19.2 Å². The number of nitrogens with one attached hydrogen (secondary N) is 1. The Bertz CT molecular complexity index is 987. The van der Waals surface area contributed by atoms with Crippen molar-refractivity contribution in [3.8, 4) is 0 Å². The maximum absolute atomic E-state index is 13.3. The summed E-state index contributed by atoms with van der Waals surface area (Å²) in [5.74, 6) is 4.29. The van der Waals surface area contributed by atoms with E-state index >= 15 is 0 Å². The number of Topliss-reactive ketones (excluding diaryl/α,β-unsaturated/α-hetero) is 1. The van der Waals surface area contributed by atoms with Gasteiger partial charge in [0.1, 0.15) is 18.9 Å². The molecule has 0 radical (unpaired) electrons. The number of carbonyl (C=O) groups excluding carboxylic acids is 4. The van der Waals surface area contributed by atoms with Gasteiger partial charge in [0.25, 0.3) is 0 Å². The van der Waals surface area contributed by atoms with Gasteiger partial charge in [-0.15, -0.1) is 12.4 Å². The largest absolute Gasteiger partial charge is 0.360 e. The minimum Gasteiger partial charge on any atom is -0.360 e. The Balaban J connectivity index is 0.00000380. The summed E-state index contributed by atoms with van der Waals surface area (Å²) < 4.78 is 0. The molecule has 2 atom stereocenters. The first-order valence-electron chi connectivity index (χ1n) is 12.9. The quantitative estimate of drug-likeness (QED) is 0.189. The summed E-state index contributed by atoms with van der Waals surface area (Å²) in [5, 5.41) is 6.22. The normalized spacial score (nSPS) is 22.2. The molecule has 2 saturated heterocycles. The number of amides is 3. The number of carbonyl (C=O) groups is 4. The molecular weight excluding hydrogens is 496 g/mol. The van der Waals surface area contributed by atoms with E-state index in [1.54, 1.807) is 9.80 Å². The molecule has 10 nitrogen and oxygen atoms in total. The van der Waals surface area contributed by atoms with Crippen LogP contribution in [0.5, 0.6) is 0 Å². The molecule has 2 aliphatic heterocycles. The number of hydrogen-bond donors (Lipinski definition) is 2. The Labute approximate surface area is 224 Å². The molecule has 1 saturated carbocycles. The van der Waals surface area contributed by atoms with Crippen LogP contribution in [0.1, 0.15) is 44.1 Å². The SMILES string of the molecule is Cl.NN=CN1CCC[C@H](C(=O)CNC(=O)C[C@H]2C(=O)N(C3CC3)CC(=O)N2CCCc2ccccc2)C1. The first-order valence-corrected chi connectivity index (χ1v) is 12.9. The van der Waals surface area contributed by atoms with E-state index in [1.165, 1.54) is 11.9 Å². The number of hydrogen-bond acceptors (Lipinski definition) is 6. The van der Waals surface area contributed by atoms with Gasteiger partial charge in [0.05, 0.1) is 13.0 Å². The first kappa shape index (κ1) is 28.4. The van der Waals surface area contributed by atoms with Crippen molar-refractivity contribution in [1.82, 2.24) is 20.0 Å². The number of nitrogens with two attached hydrogens (primary N) is 1. The molecule has 202 valence electrons. The van der Waals surface area contributed by atoms with Crippen molar-refractivity contribution in [2.24, 2.45) is 16.9 Å². The number of piperazine rings is 1. The van der Waals surface area contributed by atoms with E-state index in [0.29, 0.717) is 19.5 Å². The van der Waals surface area contributed by atoms with Gasteiger partial charge < -0.3 is 25.9 Å². The fraction of sp³-hybridized carbons (Fsp3) is 0.577. The lowest BCUT2D eigenvalue weighted by Gasteiger charge is -2.40. The maximum atomic E-state index is 13.3. The molecule has 0 spiro atoms. The lowest BCUT2D eigenvalue weighted by atomic mass is 9.94. The molecule has 0 unspecified atom stereocenters.